The lowest BCUT2D eigenvalue weighted by atomic mass is 10.1. The van der Waals surface area contributed by atoms with Gasteiger partial charge in [0.15, 0.2) is 5.82 Å². The van der Waals surface area contributed by atoms with Crippen molar-refractivity contribution < 1.29 is 9.32 Å². The van der Waals surface area contributed by atoms with Crippen LogP contribution in [-0.4, -0.2) is 62.3 Å². The summed E-state index contributed by atoms with van der Waals surface area (Å²) in [4.78, 5) is 21.4. The van der Waals surface area contributed by atoms with Crippen molar-refractivity contribution in [1.82, 2.24) is 29.7 Å². The lowest BCUT2D eigenvalue weighted by molar-refractivity contribution is 0.0488. The fourth-order valence-electron chi connectivity index (χ4n) is 3.40. The lowest BCUT2D eigenvalue weighted by Gasteiger charge is -2.37. The first-order chi connectivity index (χ1) is 11.5. The number of hydrogen-bond donors (Lipinski definition) is 0. The fourth-order valence-corrected chi connectivity index (χ4v) is 3.40. The lowest BCUT2D eigenvalue weighted by Crippen LogP contribution is -2.49. The van der Waals surface area contributed by atoms with E-state index >= 15 is 0 Å². The molecule has 0 aromatic carbocycles. The highest BCUT2D eigenvalue weighted by Crippen LogP contribution is 2.41. The summed E-state index contributed by atoms with van der Waals surface area (Å²) in [5.41, 5.74) is 1.81. The van der Waals surface area contributed by atoms with E-state index < -0.39 is 0 Å². The van der Waals surface area contributed by atoms with Gasteiger partial charge in [0.25, 0.3) is 5.91 Å². The SMILES string of the molecule is Cc1noc([C@H]2CN(C(=O)c3cnn(C)c3C3CC3)CCN2C)n1. The Bertz CT molecular complexity index is 762. The largest absolute Gasteiger partial charge is 0.338 e. The molecule has 0 spiro atoms. The van der Waals surface area contributed by atoms with E-state index in [1.165, 1.54) is 0 Å². The van der Waals surface area contributed by atoms with Crippen molar-refractivity contribution in [3.05, 3.63) is 29.2 Å². The van der Waals surface area contributed by atoms with Gasteiger partial charge in [-0.25, -0.2) is 0 Å². The van der Waals surface area contributed by atoms with Crippen molar-refractivity contribution in [3.8, 4) is 0 Å². The Labute approximate surface area is 140 Å². The molecule has 8 nitrogen and oxygen atoms in total. The van der Waals surface area contributed by atoms with Crippen LogP contribution in [0.2, 0.25) is 0 Å². The first-order valence-corrected chi connectivity index (χ1v) is 8.36. The third kappa shape index (κ3) is 2.60. The number of carbonyl (C=O) groups excluding carboxylic acids is 1. The molecular formula is C16H22N6O2. The van der Waals surface area contributed by atoms with Crippen LogP contribution in [0, 0.1) is 6.92 Å². The highest BCUT2D eigenvalue weighted by molar-refractivity contribution is 5.95. The highest BCUT2D eigenvalue weighted by atomic mass is 16.5. The third-order valence-corrected chi connectivity index (χ3v) is 4.94. The Hall–Kier alpha value is -2.22. The van der Waals surface area contributed by atoms with E-state index in [2.05, 4.69) is 20.1 Å². The molecule has 0 unspecified atom stereocenters. The molecule has 2 aromatic rings. The van der Waals surface area contributed by atoms with Gasteiger partial charge in [0.1, 0.15) is 6.04 Å². The predicted molar refractivity (Wildman–Crippen MR) is 85.5 cm³/mol. The van der Waals surface area contributed by atoms with Gasteiger partial charge >= 0.3 is 0 Å². The summed E-state index contributed by atoms with van der Waals surface area (Å²) in [5.74, 6) is 1.73. The molecule has 2 fully saturated rings. The Morgan fingerprint density at radius 1 is 1.29 bits per heavy atom. The van der Waals surface area contributed by atoms with Crippen molar-refractivity contribution in [1.29, 1.82) is 0 Å². The number of aromatic nitrogens is 4. The van der Waals surface area contributed by atoms with E-state index in [-0.39, 0.29) is 11.9 Å². The molecule has 1 aliphatic carbocycles. The van der Waals surface area contributed by atoms with Gasteiger partial charge in [-0.15, -0.1) is 0 Å². The second-order valence-corrected chi connectivity index (χ2v) is 6.77. The molecule has 128 valence electrons. The number of rotatable bonds is 3. The number of piperazine rings is 1. The minimum Gasteiger partial charge on any atom is -0.338 e. The normalized spacial score (nSPS) is 22.1. The molecule has 1 saturated carbocycles. The molecule has 0 N–H and O–H groups in total. The number of likely N-dealkylation sites (N-methyl/N-ethyl adjacent to an activating group) is 1. The molecule has 0 radical (unpaired) electrons. The quantitative estimate of drug-likeness (QED) is 0.839. The summed E-state index contributed by atoms with van der Waals surface area (Å²) >= 11 is 0. The summed E-state index contributed by atoms with van der Waals surface area (Å²) in [6.07, 6.45) is 4.00. The Morgan fingerprint density at radius 3 is 2.75 bits per heavy atom. The standard InChI is InChI=1S/C16H22N6O2/c1-10-18-15(24-19-10)13-9-22(7-6-20(13)2)16(23)12-8-17-21(3)14(12)11-4-5-11/h8,11,13H,4-7,9H2,1-3H3/t13-/m1/s1. The first-order valence-electron chi connectivity index (χ1n) is 8.36. The second kappa shape index (κ2) is 5.70. The number of hydrogen-bond acceptors (Lipinski definition) is 6. The summed E-state index contributed by atoms with van der Waals surface area (Å²) in [6.45, 7) is 3.82. The van der Waals surface area contributed by atoms with Crippen molar-refractivity contribution in [2.75, 3.05) is 26.7 Å². The van der Waals surface area contributed by atoms with Gasteiger partial charge in [-0.2, -0.15) is 10.1 Å². The number of amides is 1. The Balaban J connectivity index is 1.57. The predicted octanol–water partition coefficient (Wildman–Crippen LogP) is 1.12. The smallest absolute Gasteiger partial charge is 0.257 e. The third-order valence-electron chi connectivity index (χ3n) is 4.94. The van der Waals surface area contributed by atoms with Gasteiger partial charge in [-0.05, 0) is 26.8 Å². The maximum Gasteiger partial charge on any atom is 0.257 e. The highest BCUT2D eigenvalue weighted by Gasteiger charge is 2.36. The second-order valence-electron chi connectivity index (χ2n) is 6.77. The van der Waals surface area contributed by atoms with E-state index in [1.54, 1.807) is 13.1 Å². The van der Waals surface area contributed by atoms with Gasteiger partial charge in [-0.1, -0.05) is 5.16 Å². The van der Waals surface area contributed by atoms with E-state index in [4.69, 9.17) is 4.52 Å². The van der Waals surface area contributed by atoms with E-state index in [0.717, 1.165) is 30.6 Å². The fraction of sp³-hybridized carbons (Fsp3) is 0.625. The Kier molecular flexibility index (Phi) is 3.64. The molecule has 8 heteroatoms. The molecule has 1 atom stereocenters. The first kappa shape index (κ1) is 15.3. The minimum atomic E-state index is -0.0649. The summed E-state index contributed by atoms with van der Waals surface area (Å²) < 4.78 is 7.17. The van der Waals surface area contributed by atoms with Gasteiger partial charge in [0.05, 0.1) is 17.5 Å². The zero-order chi connectivity index (χ0) is 16.8. The van der Waals surface area contributed by atoms with Crippen LogP contribution in [0.3, 0.4) is 0 Å². The van der Waals surface area contributed by atoms with Crippen molar-refractivity contribution in [2.24, 2.45) is 7.05 Å². The van der Waals surface area contributed by atoms with E-state index in [1.807, 2.05) is 23.7 Å². The number of carbonyl (C=O) groups is 1. The number of aryl methyl sites for hydroxylation is 2. The molecule has 3 heterocycles. The van der Waals surface area contributed by atoms with Crippen molar-refractivity contribution in [2.45, 2.75) is 31.7 Å². The number of nitrogens with zero attached hydrogens (tertiary/aromatic N) is 6. The van der Waals surface area contributed by atoms with Crippen LogP contribution in [-0.2, 0) is 7.05 Å². The molecule has 2 aromatic heterocycles. The molecule has 2 aliphatic rings. The molecule has 0 bridgehead atoms. The summed E-state index contributed by atoms with van der Waals surface area (Å²) in [6, 6.07) is -0.0649. The van der Waals surface area contributed by atoms with Crippen LogP contribution in [0.15, 0.2) is 10.7 Å². The zero-order valence-corrected chi connectivity index (χ0v) is 14.3. The zero-order valence-electron chi connectivity index (χ0n) is 14.3. The van der Waals surface area contributed by atoms with Crippen molar-refractivity contribution >= 4 is 5.91 Å². The van der Waals surface area contributed by atoms with Gasteiger partial charge < -0.3 is 9.42 Å². The monoisotopic (exact) mass is 330 g/mol. The summed E-state index contributed by atoms with van der Waals surface area (Å²) in [5, 5.41) is 8.18. The van der Waals surface area contributed by atoms with Crippen LogP contribution in [0.25, 0.3) is 0 Å². The van der Waals surface area contributed by atoms with Gasteiger partial charge in [0.2, 0.25) is 5.89 Å². The van der Waals surface area contributed by atoms with Crippen LogP contribution in [0.4, 0.5) is 0 Å². The topological polar surface area (TPSA) is 80.3 Å². The van der Waals surface area contributed by atoms with E-state index in [0.29, 0.717) is 30.7 Å². The Morgan fingerprint density at radius 2 is 2.08 bits per heavy atom. The molecule has 24 heavy (non-hydrogen) atoms. The van der Waals surface area contributed by atoms with Crippen LogP contribution < -0.4 is 0 Å². The molecular weight excluding hydrogens is 308 g/mol. The minimum absolute atomic E-state index is 0.0549. The van der Waals surface area contributed by atoms with Gasteiger partial charge in [0, 0.05) is 32.6 Å². The van der Waals surface area contributed by atoms with Gasteiger partial charge in [-0.3, -0.25) is 14.4 Å². The average molecular weight is 330 g/mol. The van der Waals surface area contributed by atoms with Crippen LogP contribution in [0.5, 0.6) is 0 Å². The van der Waals surface area contributed by atoms with Crippen LogP contribution >= 0.6 is 0 Å². The average Bonchev–Trinajstić information content (AvgIpc) is 3.19. The molecule has 1 saturated heterocycles. The maximum absolute atomic E-state index is 13.0. The molecule has 1 amide bonds. The van der Waals surface area contributed by atoms with Crippen molar-refractivity contribution in [3.63, 3.8) is 0 Å². The summed E-state index contributed by atoms with van der Waals surface area (Å²) in [7, 11) is 3.93. The van der Waals surface area contributed by atoms with E-state index in [9.17, 15) is 4.79 Å². The van der Waals surface area contributed by atoms with Crippen LogP contribution in [0.1, 0.15) is 52.6 Å². The molecule has 1 aliphatic heterocycles. The molecule has 4 rings (SSSR count). The maximum atomic E-state index is 13.0.